The van der Waals surface area contributed by atoms with Crippen molar-refractivity contribution in [3.63, 3.8) is 0 Å². The summed E-state index contributed by atoms with van der Waals surface area (Å²) in [6.07, 6.45) is 2.98. The maximum Gasteiger partial charge on any atom is 0.326 e. The topological polar surface area (TPSA) is 108 Å². The van der Waals surface area contributed by atoms with Crippen LogP contribution in [0.25, 0.3) is 0 Å². The fourth-order valence-corrected chi connectivity index (χ4v) is 5.37. The van der Waals surface area contributed by atoms with E-state index in [-0.39, 0.29) is 24.3 Å². The Kier molecular flexibility index (Phi) is 10.9. The second kappa shape index (κ2) is 13.9. The number of rotatable bonds is 14. The Bertz CT molecular complexity index is 1090. The molecule has 214 valence electrons. The molecule has 3 N–H and O–H groups in total. The van der Waals surface area contributed by atoms with Crippen LogP contribution < -0.4 is 10.6 Å². The highest BCUT2D eigenvalue weighted by atomic mass is 16.5. The third kappa shape index (κ3) is 8.26. The van der Waals surface area contributed by atoms with Crippen LogP contribution in [0.5, 0.6) is 0 Å². The number of aliphatic hydroxyl groups excluding tert-OH is 1. The second-order valence-corrected chi connectivity index (χ2v) is 11.0. The third-order valence-corrected chi connectivity index (χ3v) is 7.41. The first-order chi connectivity index (χ1) is 18.5. The molecular formula is C31H45N3O5. The Labute approximate surface area is 232 Å². The lowest BCUT2D eigenvalue weighted by molar-refractivity contribution is -0.148. The Morgan fingerprint density at radius 2 is 1.72 bits per heavy atom. The van der Waals surface area contributed by atoms with E-state index in [1.165, 1.54) is 6.92 Å². The van der Waals surface area contributed by atoms with Gasteiger partial charge >= 0.3 is 5.97 Å². The molecule has 2 aliphatic rings. The minimum atomic E-state index is -0.800. The molecular weight excluding hydrogens is 494 g/mol. The van der Waals surface area contributed by atoms with Gasteiger partial charge in [0.25, 0.3) is 0 Å². The average molecular weight is 540 g/mol. The molecule has 0 bridgehead atoms. The van der Waals surface area contributed by atoms with E-state index in [2.05, 4.69) is 10.6 Å². The van der Waals surface area contributed by atoms with Gasteiger partial charge in [0.05, 0.1) is 18.2 Å². The summed E-state index contributed by atoms with van der Waals surface area (Å²) < 4.78 is 5.38. The van der Waals surface area contributed by atoms with Crippen molar-refractivity contribution in [3.8, 4) is 0 Å². The number of hydrogen-bond acceptors (Lipinski definition) is 7. The first-order valence-electron chi connectivity index (χ1n) is 14.2. The average Bonchev–Trinajstić information content (AvgIpc) is 3.69. The molecule has 1 heterocycles. The standard InChI is InChI=1S/C31H45N3O5/c1-7-11-25-29(22(6)35)20(4)34(18-28(37)39-19(2)3)21(5)30(25)31(38)33-26(16-23-12-9-8-10-13-23)27(36)17-32-24-14-15-24/h8-10,12-13,19,24-27,32,36H,7,11,14-18H2,1-6H3,(H,33,38)/t25?,26-,27+/m0/s1. The summed E-state index contributed by atoms with van der Waals surface area (Å²) >= 11 is 0. The van der Waals surface area contributed by atoms with Crippen molar-refractivity contribution < 1.29 is 24.2 Å². The van der Waals surface area contributed by atoms with Gasteiger partial charge in [-0.15, -0.1) is 0 Å². The van der Waals surface area contributed by atoms with E-state index >= 15 is 0 Å². The smallest absolute Gasteiger partial charge is 0.326 e. The number of aliphatic hydroxyl groups is 1. The molecule has 8 nitrogen and oxygen atoms in total. The van der Waals surface area contributed by atoms with Crippen molar-refractivity contribution in [2.75, 3.05) is 13.1 Å². The molecule has 39 heavy (non-hydrogen) atoms. The van der Waals surface area contributed by atoms with E-state index in [0.717, 1.165) is 24.8 Å². The summed E-state index contributed by atoms with van der Waals surface area (Å²) in [5.74, 6) is -1.28. The number of nitrogens with one attached hydrogen (secondary N) is 2. The van der Waals surface area contributed by atoms with Gasteiger partial charge in [0, 0.05) is 41.0 Å². The molecule has 1 aliphatic carbocycles. The summed E-state index contributed by atoms with van der Waals surface area (Å²) in [6, 6.07) is 9.66. The molecule has 0 saturated heterocycles. The predicted molar refractivity (Wildman–Crippen MR) is 152 cm³/mol. The zero-order valence-electron chi connectivity index (χ0n) is 24.3. The van der Waals surface area contributed by atoms with Gasteiger partial charge in [-0.1, -0.05) is 43.7 Å². The highest BCUT2D eigenvalue weighted by Crippen LogP contribution is 2.38. The lowest BCUT2D eigenvalue weighted by Crippen LogP contribution is -2.51. The Morgan fingerprint density at radius 1 is 1.08 bits per heavy atom. The number of benzene rings is 1. The third-order valence-electron chi connectivity index (χ3n) is 7.41. The molecule has 0 spiro atoms. The van der Waals surface area contributed by atoms with Gasteiger partial charge in [0.2, 0.25) is 5.91 Å². The largest absolute Gasteiger partial charge is 0.462 e. The number of hydrogen-bond donors (Lipinski definition) is 3. The van der Waals surface area contributed by atoms with Crippen molar-refractivity contribution >= 4 is 17.7 Å². The van der Waals surface area contributed by atoms with E-state index in [9.17, 15) is 19.5 Å². The molecule has 1 aromatic rings. The Balaban J connectivity index is 1.95. The molecule has 0 radical (unpaired) electrons. The van der Waals surface area contributed by atoms with E-state index in [1.807, 2.05) is 51.1 Å². The van der Waals surface area contributed by atoms with Crippen molar-refractivity contribution in [1.82, 2.24) is 15.5 Å². The summed E-state index contributed by atoms with van der Waals surface area (Å²) in [4.78, 5) is 41.3. The maximum absolute atomic E-state index is 14.1. The van der Waals surface area contributed by atoms with Crippen LogP contribution in [-0.2, 0) is 25.5 Å². The molecule has 8 heteroatoms. The van der Waals surface area contributed by atoms with Crippen LogP contribution in [0.1, 0.15) is 72.8 Å². The van der Waals surface area contributed by atoms with Crippen LogP contribution in [0.2, 0.25) is 0 Å². The number of amides is 1. The number of Topliss-reactive ketones (excluding diaryl/α,β-unsaturated/α-hetero) is 1. The normalized spacial score (nSPS) is 19.3. The molecule has 1 aliphatic heterocycles. The fraction of sp³-hybridized carbons (Fsp3) is 0.581. The van der Waals surface area contributed by atoms with Gasteiger partial charge in [-0.05, 0) is 65.9 Å². The molecule has 3 rings (SSSR count). The lowest BCUT2D eigenvalue weighted by atomic mass is 9.79. The monoisotopic (exact) mass is 539 g/mol. The first kappa shape index (κ1) is 30.6. The van der Waals surface area contributed by atoms with Crippen molar-refractivity contribution in [3.05, 3.63) is 58.4 Å². The van der Waals surface area contributed by atoms with Gasteiger partial charge in [-0.3, -0.25) is 14.4 Å². The molecule has 1 unspecified atom stereocenters. The van der Waals surface area contributed by atoms with Gasteiger partial charge in [-0.2, -0.15) is 0 Å². The minimum Gasteiger partial charge on any atom is -0.462 e. The molecule has 1 fully saturated rings. The zero-order chi connectivity index (χ0) is 28.7. The van der Waals surface area contributed by atoms with Crippen LogP contribution in [-0.4, -0.2) is 65.0 Å². The van der Waals surface area contributed by atoms with Crippen LogP contribution in [0.4, 0.5) is 0 Å². The zero-order valence-corrected chi connectivity index (χ0v) is 24.3. The fourth-order valence-electron chi connectivity index (χ4n) is 5.37. The van der Waals surface area contributed by atoms with Crippen molar-refractivity contribution in [1.29, 1.82) is 0 Å². The van der Waals surface area contributed by atoms with Crippen LogP contribution in [0, 0.1) is 5.92 Å². The highest BCUT2D eigenvalue weighted by Gasteiger charge is 2.38. The van der Waals surface area contributed by atoms with Crippen LogP contribution in [0.15, 0.2) is 52.9 Å². The number of ketones is 1. The highest BCUT2D eigenvalue weighted by molar-refractivity contribution is 6.02. The minimum absolute atomic E-state index is 0.0936. The van der Waals surface area contributed by atoms with Gasteiger partial charge < -0.3 is 25.4 Å². The molecule has 1 saturated carbocycles. The number of nitrogens with zero attached hydrogens (tertiary/aromatic N) is 1. The summed E-state index contributed by atoms with van der Waals surface area (Å²) in [6.45, 7) is 11.0. The van der Waals surface area contributed by atoms with Gasteiger partial charge in [-0.25, -0.2) is 0 Å². The number of carbonyl (C=O) groups excluding carboxylic acids is 3. The maximum atomic E-state index is 14.1. The summed E-state index contributed by atoms with van der Waals surface area (Å²) in [7, 11) is 0. The van der Waals surface area contributed by atoms with E-state index < -0.39 is 24.0 Å². The SMILES string of the molecule is CCCC1C(C(C)=O)=C(C)N(CC(=O)OC(C)C)C(C)=C1C(=O)N[C@@H](Cc1ccccc1)[C@H](O)CNC1CC1. The molecule has 3 atom stereocenters. The summed E-state index contributed by atoms with van der Waals surface area (Å²) in [5, 5.41) is 17.6. The number of esters is 1. The second-order valence-electron chi connectivity index (χ2n) is 11.0. The molecule has 0 aromatic heterocycles. The van der Waals surface area contributed by atoms with Gasteiger partial charge in [0.1, 0.15) is 6.54 Å². The van der Waals surface area contributed by atoms with E-state index in [4.69, 9.17) is 4.74 Å². The molecule has 1 aromatic carbocycles. The van der Waals surface area contributed by atoms with Crippen LogP contribution in [0.3, 0.4) is 0 Å². The van der Waals surface area contributed by atoms with Gasteiger partial charge in [0.15, 0.2) is 5.78 Å². The predicted octanol–water partition coefficient (Wildman–Crippen LogP) is 3.65. The summed E-state index contributed by atoms with van der Waals surface area (Å²) in [5.41, 5.74) is 3.31. The quantitative estimate of drug-likeness (QED) is 0.310. The number of carbonyl (C=O) groups is 3. The Hall–Kier alpha value is -2.97. The number of ether oxygens (including phenoxy) is 1. The van der Waals surface area contributed by atoms with E-state index in [0.29, 0.717) is 48.0 Å². The van der Waals surface area contributed by atoms with E-state index in [1.54, 1.807) is 18.7 Å². The lowest BCUT2D eigenvalue weighted by Gasteiger charge is -2.38. The van der Waals surface area contributed by atoms with Crippen LogP contribution >= 0.6 is 0 Å². The van der Waals surface area contributed by atoms with Crippen molar-refractivity contribution in [2.45, 2.75) is 97.9 Å². The Morgan fingerprint density at radius 3 is 2.28 bits per heavy atom. The van der Waals surface area contributed by atoms with Crippen molar-refractivity contribution in [2.24, 2.45) is 5.92 Å². The first-order valence-corrected chi connectivity index (χ1v) is 14.2. The number of allylic oxidation sites excluding steroid dienone is 3. The molecule has 1 amide bonds.